The number of likely N-dealkylation sites (tertiary alicyclic amines) is 1. The molecule has 1 aliphatic heterocycles. The number of aliphatic hydroxyl groups is 1. The average Bonchev–Trinajstić information content (AvgIpc) is 3.12. The van der Waals surface area contributed by atoms with E-state index >= 15 is 0 Å². The lowest BCUT2D eigenvalue weighted by Crippen LogP contribution is -2.35. The first-order valence-electron chi connectivity index (χ1n) is 6.85. The van der Waals surface area contributed by atoms with Crippen molar-refractivity contribution < 1.29 is 5.11 Å². The summed E-state index contributed by atoms with van der Waals surface area (Å²) in [5.74, 6) is 0.973. The number of aliphatic hydroxyl groups excluding tert-OH is 1. The smallest absolute Gasteiger partial charge is 0.135 e. The van der Waals surface area contributed by atoms with Gasteiger partial charge < -0.3 is 10.1 Å². The Morgan fingerprint density at radius 1 is 1.50 bits per heavy atom. The SMILES string of the molecule is OC(c1ncc[nH]1)C1CCN(Cc2sccc2Cl)CC1. The first-order valence-corrected chi connectivity index (χ1v) is 8.11. The highest BCUT2D eigenvalue weighted by atomic mass is 35.5. The number of aromatic amines is 1. The predicted molar refractivity (Wildman–Crippen MR) is 80.9 cm³/mol. The van der Waals surface area contributed by atoms with Crippen LogP contribution in [0.25, 0.3) is 0 Å². The van der Waals surface area contributed by atoms with Crippen molar-refractivity contribution >= 4 is 22.9 Å². The van der Waals surface area contributed by atoms with E-state index in [0.29, 0.717) is 5.82 Å². The molecule has 1 aliphatic rings. The van der Waals surface area contributed by atoms with Gasteiger partial charge in [-0.2, -0.15) is 0 Å². The Morgan fingerprint density at radius 3 is 2.90 bits per heavy atom. The zero-order valence-electron chi connectivity index (χ0n) is 11.1. The van der Waals surface area contributed by atoms with Gasteiger partial charge in [0.15, 0.2) is 0 Å². The van der Waals surface area contributed by atoms with Gasteiger partial charge in [-0.3, -0.25) is 4.90 Å². The van der Waals surface area contributed by atoms with Crippen molar-refractivity contribution in [2.45, 2.75) is 25.5 Å². The van der Waals surface area contributed by atoms with E-state index in [1.54, 1.807) is 23.7 Å². The third-order valence-corrected chi connectivity index (χ3v) is 5.31. The van der Waals surface area contributed by atoms with Crippen LogP contribution in [-0.2, 0) is 6.54 Å². The lowest BCUT2D eigenvalue weighted by molar-refractivity contribution is 0.0517. The first kappa shape index (κ1) is 14.1. The number of imidazole rings is 1. The summed E-state index contributed by atoms with van der Waals surface area (Å²) >= 11 is 7.85. The van der Waals surface area contributed by atoms with Crippen molar-refractivity contribution in [2.75, 3.05) is 13.1 Å². The van der Waals surface area contributed by atoms with E-state index in [9.17, 15) is 5.11 Å². The molecule has 0 spiro atoms. The van der Waals surface area contributed by atoms with Crippen LogP contribution in [0, 0.1) is 5.92 Å². The zero-order chi connectivity index (χ0) is 13.9. The molecule has 0 amide bonds. The normalized spacial score (nSPS) is 19.3. The number of nitrogens with zero attached hydrogens (tertiary/aromatic N) is 2. The molecule has 1 saturated heterocycles. The van der Waals surface area contributed by atoms with Crippen LogP contribution in [0.15, 0.2) is 23.8 Å². The Bertz CT molecular complexity index is 534. The number of hydrogen-bond donors (Lipinski definition) is 2. The molecule has 0 aliphatic carbocycles. The number of rotatable bonds is 4. The largest absolute Gasteiger partial charge is 0.385 e. The average molecular weight is 312 g/mol. The molecule has 1 atom stereocenters. The van der Waals surface area contributed by atoms with Crippen molar-refractivity contribution in [2.24, 2.45) is 5.92 Å². The molecule has 0 bridgehead atoms. The summed E-state index contributed by atoms with van der Waals surface area (Å²) in [5.41, 5.74) is 0. The highest BCUT2D eigenvalue weighted by Gasteiger charge is 2.27. The maximum atomic E-state index is 10.3. The van der Waals surface area contributed by atoms with E-state index in [0.717, 1.165) is 37.5 Å². The third kappa shape index (κ3) is 3.06. The van der Waals surface area contributed by atoms with E-state index < -0.39 is 6.10 Å². The Hall–Kier alpha value is -0.880. The summed E-state index contributed by atoms with van der Waals surface area (Å²) in [6.45, 7) is 2.91. The second-order valence-electron chi connectivity index (χ2n) is 5.22. The van der Waals surface area contributed by atoms with Gasteiger partial charge in [0.2, 0.25) is 0 Å². The van der Waals surface area contributed by atoms with Crippen LogP contribution in [0.5, 0.6) is 0 Å². The molecule has 2 aromatic heterocycles. The van der Waals surface area contributed by atoms with Crippen LogP contribution in [0.3, 0.4) is 0 Å². The highest BCUT2D eigenvalue weighted by molar-refractivity contribution is 7.10. The second-order valence-corrected chi connectivity index (χ2v) is 6.63. The van der Waals surface area contributed by atoms with Crippen molar-refractivity contribution in [3.63, 3.8) is 0 Å². The van der Waals surface area contributed by atoms with Gasteiger partial charge in [-0.15, -0.1) is 11.3 Å². The summed E-state index contributed by atoms with van der Waals surface area (Å²) in [6.07, 6.45) is 4.95. The standard InChI is InChI=1S/C14H18ClN3OS/c15-11-3-8-20-12(11)9-18-6-1-10(2-7-18)13(19)14-16-4-5-17-14/h3-5,8,10,13,19H,1-2,6-7,9H2,(H,16,17). The van der Waals surface area contributed by atoms with Crippen LogP contribution in [-0.4, -0.2) is 33.1 Å². The van der Waals surface area contributed by atoms with Gasteiger partial charge >= 0.3 is 0 Å². The van der Waals surface area contributed by atoms with Crippen LogP contribution in [0.2, 0.25) is 5.02 Å². The Morgan fingerprint density at radius 2 is 2.30 bits per heavy atom. The molecule has 1 fully saturated rings. The molecule has 0 aromatic carbocycles. The Balaban J connectivity index is 1.53. The Labute approximate surface area is 127 Å². The lowest BCUT2D eigenvalue weighted by atomic mass is 9.91. The molecule has 0 radical (unpaired) electrons. The number of H-pyrrole nitrogens is 1. The summed E-state index contributed by atoms with van der Waals surface area (Å²) < 4.78 is 0. The van der Waals surface area contributed by atoms with Gasteiger partial charge in [-0.05, 0) is 43.3 Å². The molecule has 108 valence electrons. The van der Waals surface area contributed by atoms with Gasteiger partial charge in [0.25, 0.3) is 0 Å². The molecule has 20 heavy (non-hydrogen) atoms. The number of thiophene rings is 1. The minimum absolute atomic E-state index is 0.288. The number of aromatic nitrogens is 2. The van der Waals surface area contributed by atoms with Gasteiger partial charge in [-0.1, -0.05) is 11.6 Å². The molecule has 3 heterocycles. The van der Waals surface area contributed by atoms with E-state index in [1.807, 2.05) is 11.4 Å². The van der Waals surface area contributed by atoms with Gasteiger partial charge in [0.05, 0.1) is 5.02 Å². The monoisotopic (exact) mass is 311 g/mol. The zero-order valence-corrected chi connectivity index (χ0v) is 12.7. The predicted octanol–water partition coefficient (Wildman–Crippen LogP) is 3.07. The molecule has 0 saturated carbocycles. The number of halogens is 1. The maximum Gasteiger partial charge on any atom is 0.135 e. The Kier molecular flexibility index (Phi) is 4.41. The number of nitrogens with one attached hydrogen (secondary N) is 1. The minimum atomic E-state index is -0.475. The van der Waals surface area contributed by atoms with Crippen molar-refractivity contribution in [3.8, 4) is 0 Å². The molecular formula is C14H18ClN3OS. The summed E-state index contributed by atoms with van der Waals surface area (Å²) in [7, 11) is 0. The fourth-order valence-corrected chi connectivity index (χ4v) is 3.87. The van der Waals surface area contributed by atoms with Crippen molar-refractivity contribution in [3.05, 3.63) is 39.6 Å². The fraction of sp³-hybridized carbons (Fsp3) is 0.500. The van der Waals surface area contributed by atoms with Crippen LogP contribution in [0.4, 0.5) is 0 Å². The molecule has 1 unspecified atom stereocenters. The maximum absolute atomic E-state index is 10.3. The second kappa shape index (κ2) is 6.26. The minimum Gasteiger partial charge on any atom is -0.385 e. The third-order valence-electron chi connectivity index (χ3n) is 3.94. The van der Waals surface area contributed by atoms with Crippen LogP contribution >= 0.6 is 22.9 Å². The molecular weight excluding hydrogens is 294 g/mol. The van der Waals surface area contributed by atoms with E-state index in [2.05, 4.69) is 14.9 Å². The molecule has 3 rings (SSSR count). The summed E-state index contributed by atoms with van der Waals surface area (Å²) in [5, 5.41) is 13.2. The van der Waals surface area contributed by atoms with Crippen molar-refractivity contribution in [1.29, 1.82) is 0 Å². The van der Waals surface area contributed by atoms with E-state index in [4.69, 9.17) is 11.6 Å². The lowest BCUT2D eigenvalue weighted by Gasteiger charge is -2.33. The number of hydrogen-bond acceptors (Lipinski definition) is 4. The topological polar surface area (TPSA) is 52.2 Å². The van der Waals surface area contributed by atoms with E-state index in [-0.39, 0.29) is 5.92 Å². The van der Waals surface area contributed by atoms with Gasteiger partial charge in [-0.25, -0.2) is 4.98 Å². The summed E-state index contributed by atoms with van der Waals surface area (Å²) in [6, 6.07) is 1.95. The highest BCUT2D eigenvalue weighted by Crippen LogP contribution is 2.31. The first-order chi connectivity index (χ1) is 9.74. The van der Waals surface area contributed by atoms with Gasteiger partial charge in [0, 0.05) is 23.8 Å². The van der Waals surface area contributed by atoms with E-state index in [1.165, 1.54) is 4.88 Å². The summed E-state index contributed by atoms with van der Waals surface area (Å²) in [4.78, 5) is 10.8. The molecule has 2 N–H and O–H groups in total. The fourth-order valence-electron chi connectivity index (χ4n) is 2.73. The quantitative estimate of drug-likeness (QED) is 0.912. The molecule has 2 aromatic rings. The van der Waals surface area contributed by atoms with Crippen molar-refractivity contribution in [1.82, 2.24) is 14.9 Å². The number of piperidine rings is 1. The van der Waals surface area contributed by atoms with Gasteiger partial charge in [0.1, 0.15) is 11.9 Å². The molecule has 6 heteroatoms. The molecule has 4 nitrogen and oxygen atoms in total. The van der Waals surface area contributed by atoms with Crippen LogP contribution < -0.4 is 0 Å². The van der Waals surface area contributed by atoms with Crippen LogP contribution in [0.1, 0.15) is 29.6 Å².